The highest BCUT2D eigenvalue weighted by Gasteiger charge is 2.22. The molecule has 3 aromatic carbocycles. The summed E-state index contributed by atoms with van der Waals surface area (Å²) in [5.74, 6) is 0.553. The molecule has 0 atom stereocenters. The van der Waals surface area contributed by atoms with E-state index < -0.39 is 22.0 Å². The molecular formula is C36H40N6O8S. The second kappa shape index (κ2) is 15.6. The number of hydrogen-bond acceptors (Lipinski definition) is 10. The van der Waals surface area contributed by atoms with Crippen LogP contribution >= 0.6 is 0 Å². The Bertz CT molecular complexity index is 2160. The number of fused-ring (bicyclic) bond motifs is 1. The maximum Gasteiger partial charge on any atom is 0.335 e. The van der Waals surface area contributed by atoms with Gasteiger partial charge in [-0.3, -0.25) is 4.72 Å². The van der Waals surface area contributed by atoms with Crippen molar-refractivity contribution in [3.8, 4) is 17.2 Å². The summed E-state index contributed by atoms with van der Waals surface area (Å²) in [6.07, 6.45) is 3.95. The van der Waals surface area contributed by atoms with Crippen LogP contribution in [0.5, 0.6) is 17.2 Å². The van der Waals surface area contributed by atoms with Crippen molar-refractivity contribution in [3.63, 3.8) is 0 Å². The first-order chi connectivity index (χ1) is 24.0. The second-order valence-electron chi connectivity index (χ2n) is 12.3. The van der Waals surface area contributed by atoms with Gasteiger partial charge >= 0.3 is 12.0 Å². The number of nitrogens with zero attached hydrogens (tertiary/aromatic N) is 2. The summed E-state index contributed by atoms with van der Waals surface area (Å²) < 4.78 is 43.7. The van der Waals surface area contributed by atoms with E-state index in [1.165, 1.54) is 33.4 Å². The van der Waals surface area contributed by atoms with Crippen molar-refractivity contribution in [2.45, 2.75) is 33.1 Å². The number of aliphatic imine (C=N–C) groups is 1. The zero-order valence-corrected chi connectivity index (χ0v) is 30.1. The molecule has 0 fully saturated rings. The van der Waals surface area contributed by atoms with Gasteiger partial charge in [0.05, 0.1) is 43.1 Å². The fourth-order valence-corrected chi connectivity index (χ4v) is 5.42. The molecule has 0 spiro atoms. The number of methoxy groups -OCH3 is 2. The molecule has 0 bridgehead atoms. The van der Waals surface area contributed by atoms with Crippen LogP contribution in [-0.2, 0) is 25.0 Å². The van der Waals surface area contributed by atoms with Crippen LogP contribution in [0, 0.1) is 0 Å². The minimum Gasteiger partial charge on any atom is -0.496 e. The number of aliphatic carboxylic acids is 1. The summed E-state index contributed by atoms with van der Waals surface area (Å²) in [5, 5.41) is 19.4. The maximum atomic E-state index is 13.4. The molecule has 0 aliphatic carbocycles. The van der Waals surface area contributed by atoms with Gasteiger partial charge in [0, 0.05) is 29.1 Å². The lowest BCUT2D eigenvalue weighted by Crippen LogP contribution is -2.22. The van der Waals surface area contributed by atoms with Crippen molar-refractivity contribution in [2.24, 2.45) is 4.99 Å². The van der Waals surface area contributed by atoms with Crippen LogP contribution in [0.4, 0.5) is 27.7 Å². The Balaban J connectivity index is 1.61. The lowest BCUT2D eigenvalue weighted by molar-refractivity contribution is -0.132. The van der Waals surface area contributed by atoms with Crippen LogP contribution < -0.4 is 30.1 Å². The predicted octanol–water partition coefficient (Wildman–Crippen LogP) is 7.31. The third kappa shape index (κ3) is 9.76. The third-order valence-electron chi connectivity index (χ3n) is 7.40. The minimum absolute atomic E-state index is 0.0155. The van der Waals surface area contributed by atoms with E-state index in [-0.39, 0.29) is 39.7 Å². The highest BCUT2D eigenvalue weighted by Crippen LogP contribution is 2.40. The first-order valence-electron chi connectivity index (χ1n) is 15.4. The van der Waals surface area contributed by atoms with Crippen LogP contribution in [0.1, 0.15) is 33.3 Å². The lowest BCUT2D eigenvalue weighted by Gasteiger charge is -2.24. The van der Waals surface area contributed by atoms with Gasteiger partial charge in [-0.25, -0.2) is 28.0 Å². The standard InChI is InChI=1S/C36H40N6O8S/c1-21(34(43)44)30(48-6)20-31(37-5)41-32-19-23(15-16-38-32)50-29-14-13-26(24-11-9-10-12-25(24)29)39-35(45)40-27-17-22(36(2,3)4)18-28(33(27)49-7)42-51(8,46)47/h9-20,42H,5H2,1-4,6-8H3,(H,38,41)(H,43,44)(H2,39,40,45)/b30-21-,31-20+. The molecule has 5 N–H and O–H groups in total. The number of sulfonamides is 1. The van der Waals surface area contributed by atoms with Crippen molar-refractivity contribution in [2.75, 3.05) is 41.1 Å². The van der Waals surface area contributed by atoms with Gasteiger partial charge in [0.25, 0.3) is 0 Å². The van der Waals surface area contributed by atoms with Gasteiger partial charge < -0.3 is 35.3 Å². The first-order valence-corrected chi connectivity index (χ1v) is 17.3. The fraction of sp³-hybridized carbons (Fsp3) is 0.222. The summed E-state index contributed by atoms with van der Waals surface area (Å²) in [5.41, 5.74) is 1.33. The molecule has 0 aliphatic rings. The molecule has 1 heterocycles. The number of anilines is 4. The highest BCUT2D eigenvalue weighted by atomic mass is 32.2. The van der Waals surface area contributed by atoms with E-state index in [4.69, 9.17) is 14.2 Å². The van der Waals surface area contributed by atoms with E-state index in [0.29, 0.717) is 33.8 Å². The number of pyridine rings is 1. The molecule has 15 heteroatoms. The Morgan fingerprint density at radius 2 is 1.61 bits per heavy atom. The monoisotopic (exact) mass is 716 g/mol. The van der Waals surface area contributed by atoms with Gasteiger partial charge in [-0.15, -0.1) is 0 Å². The third-order valence-corrected chi connectivity index (χ3v) is 7.99. The quantitative estimate of drug-likeness (QED) is 0.0406. The Morgan fingerprint density at radius 3 is 2.22 bits per heavy atom. The normalized spacial score (nSPS) is 12.3. The zero-order chi connectivity index (χ0) is 37.5. The molecule has 2 amide bonds. The number of carboxylic acids is 1. The lowest BCUT2D eigenvalue weighted by atomic mass is 9.86. The fourth-order valence-electron chi connectivity index (χ4n) is 4.87. The topological polar surface area (TPSA) is 190 Å². The van der Waals surface area contributed by atoms with Crippen LogP contribution in [0.25, 0.3) is 10.8 Å². The summed E-state index contributed by atoms with van der Waals surface area (Å²) in [6.45, 7) is 10.8. The highest BCUT2D eigenvalue weighted by molar-refractivity contribution is 7.92. The average Bonchev–Trinajstić information content (AvgIpc) is 3.06. The number of urea groups is 1. The van der Waals surface area contributed by atoms with Crippen LogP contribution in [0.15, 0.2) is 95.1 Å². The smallest absolute Gasteiger partial charge is 0.335 e. The van der Waals surface area contributed by atoms with Crippen molar-refractivity contribution >= 4 is 62.4 Å². The van der Waals surface area contributed by atoms with E-state index in [1.54, 1.807) is 36.4 Å². The summed E-state index contributed by atoms with van der Waals surface area (Å²) in [6, 6.07) is 16.9. The molecule has 14 nitrogen and oxygen atoms in total. The number of benzene rings is 3. The number of nitrogens with one attached hydrogen (secondary N) is 4. The summed E-state index contributed by atoms with van der Waals surface area (Å²) >= 11 is 0. The van der Waals surface area contributed by atoms with Crippen molar-refractivity contribution in [3.05, 3.63) is 95.7 Å². The molecule has 0 aliphatic heterocycles. The maximum absolute atomic E-state index is 13.4. The number of hydrogen-bond donors (Lipinski definition) is 5. The molecule has 4 rings (SSSR count). The number of carbonyl (C=O) groups is 2. The summed E-state index contributed by atoms with van der Waals surface area (Å²) in [7, 11) is -0.908. The first kappa shape index (κ1) is 37.7. The minimum atomic E-state index is -3.65. The number of amides is 2. The van der Waals surface area contributed by atoms with Gasteiger partial charge in [-0.2, -0.15) is 0 Å². The van der Waals surface area contributed by atoms with Gasteiger partial charge in [-0.05, 0) is 55.0 Å². The van der Waals surface area contributed by atoms with Crippen molar-refractivity contribution in [1.29, 1.82) is 0 Å². The van der Waals surface area contributed by atoms with Gasteiger partial charge in [0.15, 0.2) is 5.75 Å². The molecule has 0 saturated carbocycles. The molecule has 268 valence electrons. The Kier molecular flexibility index (Phi) is 11.6. The molecule has 4 aromatic rings. The van der Waals surface area contributed by atoms with Crippen LogP contribution in [-0.4, -0.2) is 57.7 Å². The van der Waals surface area contributed by atoms with E-state index in [2.05, 4.69) is 37.4 Å². The predicted molar refractivity (Wildman–Crippen MR) is 200 cm³/mol. The Morgan fingerprint density at radius 1 is 0.941 bits per heavy atom. The van der Waals surface area contributed by atoms with E-state index in [1.807, 2.05) is 45.0 Å². The number of ether oxygens (including phenoxy) is 3. The number of rotatable bonds is 13. The SMILES string of the molecule is C=N/C(=C\C(OC)=C(/C)C(=O)O)Nc1cc(Oc2ccc(NC(=O)Nc3cc(C(C)(C)C)cc(NS(C)(=O)=O)c3OC)c3ccccc23)ccn1. The molecule has 0 unspecified atom stereocenters. The van der Waals surface area contributed by atoms with E-state index in [9.17, 15) is 23.1 Å². The van der Waals surface area contributed by atoms with Gasteiger partial charge in [0.2, 0.25) is 10.0 Å². The number of carbonyl (C=O) groups excluding carboxylic acids is 1. The second-order valence-corrected chi connectivity index (χ2v) is 14.0. The average molecular weight is 717 g/mol. The van der Waals surface area contributed by atoms with Crippen LogP contribution in [0.2, 0.25) is 0 Å². The van der Waals surface area contributed by atoms with E-state index >= 15 is 0 Å². The van der Waals surface area contributed by atoms with Crippen LogP contribution in [0.3, 0.4) is 0 Å². The number of allylic oxidation sites excluding steroid dienone is 1. The Labute approximate surface area is 296 Å². The summed E-state index contributed by atoms with van der Waals surface area (Å²) in [4.78, 5) is 33.0. The zero-order valence-electron chi connectivity index (χ0n) is 29.2. The van der Waals surface area contributed by atoms with E-state index in [0.717, 1.165) is 11.8 Å². The molecule has 51 heavy (non-hydrogen) atoms. The molecule has 1 aromatic heterocycles. The molecular weight excluding hydrogens is 676 g/mol. The Hall–Kier alpha value is -6.09. The van der Waals surface area contributed by atoms with Crippen molar-refractivity contribution < 1.29 is 37.3 Å². The largest absolute Gasteiger partial charge is 0.496 e. The van der Waals surface area contributed by atoms with Gasteiger partial charge in [0.1, 0.15) is 28.9 Å². The molecule has 0 saturated heterocycles. The van der Waals surface area contributed by atoms with Crippen molar-refractivity contribution in [1.82, 2.24) is 4.98 Å². The molecule has 0 radical (unpaired) electrons. The van der Waals surface area contributed by atoms with Gasteiger partial charge in [-0.1, -0.05) is 45.0 Å². The number of aromatic nitrogens is 1. The number of carboxylic acid groups (broad SMARTS) is 1.